The van der Waals surface area contributed by atoms with Gasteiger partial charge >= 0.3 is 0 Å². The first-order chi connectivity index (χ1) is 11.6. The van der Waals surface area contributed by atoms with Crippen LogP contribution in [-0.4, -0.2) is 19.7 Å². The molecule has 0 fully saturated rings. The van der Waals surface area contributed by atoms with Gasteiger partial charge in [-0.25, -0.2) is 9.37 Å². The molecule has 0 unspecified atom stereocenters. The summed E-state index contributed by atoms with van der Waals surface area (Å²) in [6, 6.07) is 17.2. The molecule has 4 rings (SSSR count). The molecular formula is C18H13FN4O. The van der Waals surface area contributed by atoms with Crippen molar-refractivity contribution in [3.05, 3.63) is 66.5 Å². The van der Waals surface area contributed by atoms with Crippen molar-refractivity contribution in [1.29, 1.82) is 0 Å². The minimum Gasteiger partial charge on any atom is -0.505 e. The summed E-state index contributed by atoms with van der Waals surface area (Å²) in [6.45, 7) is 0. The van der Waals surface area contributed by atoms with Crippen molar-refractivity contribution in [1.82, 2.24) is 14.6 Å². The number of phenols is 1. The number of hydrogen-bond acceptors (Lipinski definition) is 4. The molecule has 0 bridgehead atoms. The second-order valence-corrected chi connectivity index (χ2v) is 5.41. The number of aromatic hydroxyl groups is 1. The molecule has 4 aromatic rings. The molecule has 5 nitrogen and oxygen atoms in total. The van der Waals surface area contributed by atoms with E-state index < -0.39 is 11.6 Å². The van der Waals surface area contributed by atoms with Crippen molar-refractivity contribution in [3.63, 3.8) is 0 Å². The van der Waals surface area contributed by atoms with Crippen LogP contribution in [0.1, 0.15) is 0 Å². The Balaban J connectivity index is 1.86. The van der Waals surface area contributed by atoms with E-state index in [4.69, 9.17) is 5.73 Å². The van der Waals surface area contributed by atoms with E-state index in [1.54, 1.807) is 22.7 Å². The summed E-state index contributed by atoms with van der Waals surface area (Å²) in [4.78, 5) is 4.51. The van der Waals surface area contributed by atoms with E-state index in [9.17, 15) is 9.50 Å². The summed E-state index contributed by atoms with van der Waals surface area (Å²) in [6.07, 6.45) is 0. The van der Waals surface area contributed by atoms with E-state index in [-0.39, 0.29) is 0 Å². The summed E-state index contributed by atoms with van der Waals surface area (Å²) in [5, 5.41) is 14.0. The fourth-order valence-corrected chi connectivity index (χ4v) is 2.58. The van der Waals surface area contributed by atoms with Gasteiger partial charge in [-0.2, -0.15) is 4.52 Å². The maximum absolute atomic E-state index is 13.2. The molecule has 0 radical (unpaired) electrons. The first-order valence-electron chi connectivity index (χ1n) is 7.32. The van der Waals surface area contributed by atoms with Gasteiger partial charge < -0.3 is 10.8 Å². The van der Waals surface area contributed by atoms with Crippen molar-refractivity contribution >= 4 is 11.5 Å². The number of pyridine rings is 1. The second kappa shape index (κ2) is 5.34. The third kappa shape index (κ3) is 2.34. The van der Waals surface area contributed by atoms with E-state index in [1.807, 2.05) is 30.3 Å². The number of nitrogens with zero attached hydrogens (tertiary/aromatic N) is 3. The lowest BCUT2D eigenvalue weighted by Crippen LogP contribution is -1.99. The second-order valence-electron chi connectivity index (χ2n) is 5.41. The Bertz CT molecular complexity index is 1040. The van der Waals surface area contributed by atoms with Gasteiger partial charge in [-0.1, -0.05) is 36.4 Å². The Morgan fingerprint density at radius 1 is 0.917 bits per heavy atom. The number of aromatic nitrogens is 3. The van der Waals surface area contributed by atoms with Crippen molar-refractivity contribution in [2.24, 2.45) is 0 Å². The van der Waals surface area contributed by atoms with Crippen LogP contribution in [0, 0.1) is 5.82 Å². The Morgan fingerprint density at radius 2 is 1.71 bits per heavy atom. The van der Waals surface area contributed by atoms with Gasteiger partial charge in [-0.05, 0) is 35.4 Å². The molecule has 0 aliphatic heterocycles. The predicted molar refractivity (Wildman–Crippen MR) is 89.9 cm³/mol. The predicted octanol–water partition coefficient (Wildman–Crippen LogP) is 3.49. The molecular weight excluding hydrogens is 307 g/mol. The number of hydrogen-bond donors (Lipinski definition) is 2. The highest BCUT2D eigenvalue weighted by Gasteiger charge is 2.11. The Hall–Kier alpha value is -3.41. The minimum atomic E-state index is -0.665. The molecule has 2 aromatic heterocycles. The van der Waals surface area contributed by atoms with Crippen LogP contribution in [0.5, 0.6) is 5.75 Å². The SMILES string of the molecule is Nc1cc(-c2ccc(F)c(O)c2)cc2nc(-c3ccccc3)nn12. The number of nitrogens with two attached hydrogens (primary N) is 1. The molecule has 0 saturated heterocycles. The van der Waals surface area contributed by atoms with Crippen LogP contribution in [0.25, 0.3) is 28.2 Å². The third-order valence-electron chi connectivity index (χ3n) is 3.78. The van der Waals surface area contributed by atoms with Gasteiger partial charge in [-0.3, -0.25) is 0 Å². The Labute approximate surface area is 136 Å². The van der Waals surface area contributed by atoms with Gasteiger partial charge in [0.05, 0.1) is 0 Å². The molecule has 0 amide bonds. The number of phenolic OH excluding ortho intramolecular Hbond substituents is 1. The van der Waals surface area contributed by atoms with Crippen LogP contribution in [0.3, 0.4) is 0 Å². The molecule has 0 saturated carbocycles. The smallest absolute Gasteiger partial charge is 0.182 e. The largest absolute Gasteiger partial charge is 0.505 e. The molecule has 0 spiro atoms. The number of nitrogen functional groups attached to an aromatic ring is 1. The summed E-state index contributed by atoms with van der Waals surface area (Å²) in [7, 11) is 0. The van der Waals surface area contributed by atoms with Crippen molar-refractivity contribution < 1.29 is 9.50 Å². The number of fused-ring (bicyclic) bond motifs is 1. The third-order valence-corrected chi connectivity index (χ3v) is 3.78. The van der Waals surface area contributed by atoms with Crippen LogP contribution in [0.15, 0.2) is 60.7 Å². The zero-order valence-corrected chi connectivity index (χ0v) is 12.5. The molecule has 2 aromatic carbocycles. The number of benzene rings is 2. The monoisotopic (exact) mass is 320 g/mol. The molecule has 0 aliphatic rings. The fourth-order valence-electron chi connectivity index (χ4n) is 2.58. The summed E-state index contributed by atoms with van der Waals surface area (Å²) in [5.74, 6) is -0.0959. The van der Waals surface area contributed by atoms with Crippen molar-refractivity contribution in [2.75, 3.05) is 5.73 Å². The Morgan fingerprint density at radius 3 is 2.46 bits per heavy atom. The van der Waals surface area contributed by atoms with Gasteiger partial charge in [0.2, 0.25) is 0 Å². The lowest BCUT2D eigenvalue weighted by atomic mass is 10.1. The zero-order chi connectivity index (χ0) is 16.7. The molecule has 6 heteroatoms. The average Bonchev–Trinajstić information content (AvgIpc) is 3.03. The van der Waals surface area contributed by atoms with Crippen LogP contribution in [-0.2, 0) is 0 Å². The van der Waals surface area contributed by atoms with E-state index in [0.717, 1.165) is 11.1 Å². The van der Waals surface area contributed by atoms with Gasteiger partial charge in [0.25, 0.3) is 0 Å². The molecule has 118 valence electrons. The summed E-state index contributed by atoms with van der Waals surface area (Å²) < 4.78 is 14.8. The highest BCUT2D eigenvalue weighted by Crippen LogP contribution is 2.28. The molecule has 0 atom stereocenters. The fraction of sp³-hybridized carbons (Fsp3) is 0. The number of halogens is 1. The van der Waals surface area contributed by atoms with Gasteiger partial charge in [0.1, 0.15) is 5.82 Å². The topological polar surface area (TPSA) is 76.4 Å². The standard InChI is InChI=1S/C18H13FN4O/c19-14-7-6-12(8-15(14)24)13-9-16(20)23-17(10-13)21-18(22-23)11-4-2-1-3-5-11/h1-10,24H,20H2. The molecule has 3 N–H and O–H groups in total. The zero-order valence-electron chi connectivity index (χ0n) is 12.5. The van der Waals surface area contributed by atoms with Crippen LogP contribution in [0.2, 0.25) is 0 Å². The van der Waals surface area contributed by atoms with Crippen LogP contribution < -0.4 is 5.73 Å². The number of rotatable bonds is 2. The first-order valence-corrected chi connectivity index (χ1v) is 7.32. The van der Waals surface area contributed by atoms with Crippen LogP contribution in [0.4, 0.5) is 10.2 Å². The minimum absolute atomic E-state index is 0.404. The van der Waals surface area contributed by atoms with E-state index >= 15 is 0 Å². The van der Waals surface area contributed by atoms with Gasteiger partial charge in [0, 0.05) is 5.56 Å². The van der Waals surface area contributed by atoms with Crippen molar-refractivity contribution in [3.8, 4) is 28.3 Å². The number of anilines is 1. The molecule has 0 aliphatic carbocycles. The normalized spacial score (nSPS) is 11.0. The first kappa shape index (κ1) is 14.2. The summed E-state index contributed by atoms with van der Waals surface area (Å²) in [5.41, 5.74) is 8.91. The molecule has 2 heterocycles. The quantitative estimate of drug-likeness (QED) is 0.593. The maximum Gasteiger partial charge on any atom is 0.182 e. The lowest BCUT2D eigenvalue weighted by Gasteiger charge is -2.05. The molecule has 24 heavy (non-hydrogen) atoms. The van der Waals surface area contributed by atoms with Crippen LogP contribution >= 0.6 is 0 Å². The highest BCUT2D eigenvalue weighted by molar-refractivity contribution is 5.73. The summed E-state index contributed by atoms with van der Waals surface area (Å²) >= 11 is 0. The maximum atomic E-state index is 13.2. The van der Waals surface area contributed by atoms with Gasteiger partial charge in [0.15, 0.2) is 23.0 Å². The van der Waals surface area contributed by atoms with E-state index in [0.29, 0.717) is 22.9 Å². The van der Waals surface area contributed by atoms with E-state index in [1.165, 1.54) is 12.1 Å². The Kier molecular flexibility index (Phi) is 3.16. The van der Waals surface area contributed by atoms with E-state index in [2.05, 4.69) is 10.1 Å². The van der Waals surface area contributed by atoms with Gasteiger partial charge in [-0.15, -0.1) is 5.10 Å². The lowest BCUT2D eigenvalue weighted by molar-refractivity contribution is 0.433. The highest BCUT2D eigenvalue weighted by atomic mass is 19.1. The average molecular weight is 320 g/mol. The van der Waals surface area contributed by atoms with Crippen molar-refractivity contribution in [2.45, 2.75) is 0 Å².